The van der Waals surface area contributed by atoms with E-state index in [1.54, 1.807) is 0 Å². The van der Waals surface area contributed by atoms with E-state index in [0.717, 1.165) is 12.1 Å². The third kappa shape index (κ3) is 3.71. The van der Waals surface area contributed by atoms with Gasteiger partial charge in [-0.2, -0.15) is 28.1 Å². The largest absolute Gasteiger partial charge is 0.416 e. The second kappa shape index (κ2) is 5.71. The molecule has 0 saturated carbocycles. The monoisotopic (exact) mass is 386 g/mol. The fraction of sp³-hybridized carbons (Fsp3) is 0.100. The molecule has 0 aliphatic carbocycles. The quantitative estimate of drug-likeness (QED) is 0.811. The zero-order chi connectivity index (χ0) is 14.9. The van der Waals surface area contributed by atoms with Gasteiger partial charge < -0.3 is 5.32 Å². The summed E-state index contributed by atoms with van der Waals surface area (Å²) in [7, 11) is 0. The molecule has 1 aromatic heterocycles. The summed E-state index contributed by atoms with van der Waals surface area (Å²) in [5.41, 5.74) is -0.687. The Bertz CT molecular complexity index is 631. The summed E-state index contributed by atoms with van der Waals surface area (Å²) in [4.78, 5) is 10.9. The highest BCUT2D eigenvalue weighted by Crippen LogP contribution is 2.34. The Hall–Kier alpha value is -1.12. The van der Waals surface area contributed by atoms with E-state index in [1.807, 2.05) is 0 Å². The molecule has 0 aliphatic rings. The van der Waals surface area contributed by atoms with E-state index in [2.05, 4.69) is 36.2 Å². The lowest BCUT2D eigenvalue weighted by Gasteiger charge is -2.11. The molecular weight excluding hydrogens is 384 g/mol. The van der Waals surface area contributed by atoms with E-state index in [1.165, 1.54) is 6.07 Å². The molecule has 0 radical (unpaired) electrons. The summed E-state index contributed by atoms with van der Waals surface area (Å²) in [6.45, 7) is 0. The van der Waals surface area contributed by atoms with Crippen LogP contribution in [0.4, 0.5) is 24.8 Å². The molecule has 2 aromatic rings. The van der Waals surface area contributed by atoms with E-state index in [0.29, 0.717) is 4.47 Å². The van der Waals surface area contributed by atoms with E-state index in [9.17, 15) is 13.2 Å². The van der Waals surface area contributed by atoms with Crippen LogP contribution in [0, 0.1) is 0 Å². The third-order valence-electron chi connectivity index (χ3n) is 2.12. The van der Waals surface area contributed by atoms with Crippen LogP contribution in [-0.4, -0.2) is 15.0 Å². The number of alkyl halides is 3. The third-order valence-corrected chi connectivity index (χ3v) is 3.15. The van der Waals surface area contributed by atoms with Crippen LogP contribution in [0.3, 0.4) is 0 Å². The first-order valence-corrected chi connectivity index (χ1v) is 6.51. The van der Waals surface area contributed by atoms with Crippen molar-refractivity contribution >= 4 is 50.8 Å². The van der Waals surface area contributed by atoms with Gasteiger partial charge in [0.15, 0.2) is 0 Å². The van der Waals surface area contributed by atoms with Gasteiger partial charge in [-0.05, 0) is 57.3 Å². The zero-order valence-corrected chi connectivity index (χ0v) is 12.4. The molecular formula is C10H4BrCl2F3N4. The smallest absolute Gasteiger partial charge is 0.323 e. The minimum absolute atomic E-state index is 0.0602. The van der Waals surface area contributed by atoms with E-state index >= 15 is 0 Å². The lowest BCUT2D eigenvalue weighted by Crippen LogP contribution is -2.06. The Morgan fingerprint density at radius 1 is 1.05 bits per heavy atom. The molecule has 0 spiro atoms. The van der Waals surface area contributed by atoms with Gasteiger partial charge in [-0.3, -0.25) is 0 Å². The SMILES string of the molecule is FC(F)(F)c1ccc(Br)c(Nc2nc(Cl)nc(Cl)n2)c1. The van der Waals surface area contributed by atoms with Gasteiger partial charge in [0.1, 0.15) is 0 Å². The van der Waals surface area contributed by atoms with E-state index in [4.69, 9.17) is 23.2 Å². The molecule has 20 heavy (non-hydrogen) atoms. The number of rotatable bonds is 2. The van der Waals surface area contributed by atoms with Gasteiger partial charge in [0.25, 0.3) is 0 Å². The first kappa shape index (κ1) is 15.3. The maximum Gasteiger partial charge on any atom is 0.416 e. The van der Waals surface area contributed by atoms with E-state index in [-0.39, 0.29) is 22.2 Å². The number of aromatic nitrogens is 3. The summed E-state index contributed by atoms with van der Waals surface area (Å²) in [6, 6.07) is 3.12. The lowest BCUT2D eigenvalue weighted by molar-refractivity contribution is -0.137. The van der Waals surface area contributed by atoms with Crippen molar-refractivity contribution in [3.63, 3.8) is 0 Å². The second-order valence-corrected chi connectivity index (χ2v) is 5.04. The van der Waals surface area contributed by atoms with Crippen LogP contribution in [0.2, 0.25) is 10.6 Å². The number of benzene rings is 1. The van der Waals surface area contributed by atoms with Crippen LogP contribution >= 0.6 is 39.1 Å². The van der Waals surface area contributed by atoms with Crippen molar-refractivity contribution < 1.29 is 13.2 Å². The van der Waals surface area contributed by atoms with E-state index < -0.39 is 11.7 Å². The first-order chi connectivity index (χ1) is 9.25. The van der Waals surface area contributed by atoms with Gasteiger partial charge in [-0.15, -0.1) is 0 Å². The van der Waals surface area contributed by atoms with Crippen LogP contribution < -0.4 is 5.32 Å². The Labute approximate surface area is 129 Å². The Morgan fingerprint density at radius 2 is 1.65 bits per heavy atom. The zero-order valence-electron chi connectivity index (χ0n) is 9.34. The van der Waals surface area contributed by atoms with Crippen LogP contribution in [0.1, 0.15) is 5.56 Å². The van der Waals surface area contributed by atoms with Gasteiger partial charge >= 0.3 is 6.18 Å². The van der Waals surface area contributed by atoms with Crippen LogP contribution in [-0.2, 0) is 6.18 Å². The summed E-state index contributed by atoms with van der Waals surface area (Å²) < 4.78 is 38.3. The predicted octanol–water partition coefficient (Wildman–Crippen LogP) is 4.70. The molecule has 1 aromatic carbocycles. The van der Waals surface area contributed by atoms with Crippen LogP contribution in [0.5, 0.6) is 0 Å². The molecule has 0 saturated heterocycles. The molecule has 0 bridgehead atoms. The number of halogens is 6. The molecule has 1 N–H and O–H groups in total. The summed E-state index contributed by atoms with van der Waals surface area (Å²) in [6.07, 6.45) is -4.45. The molecule has 4 nitrogen and oxygen atoms in total. The van der Waals surface area contributed by atoms with Gasteiger partial charge in [0, 0.05) is 4.47 Å². The molecule has 0 unspecified atom stereocenters. The van der Waals surface area contributed by atoms with Gasteiger partial charge in [0.2, 0.25) is 16.5 Å². The number of nitrogens with zero attached hydrogens (tertiary/aromatic N) is 3. The van der Waals surface area contributed by atoms with Crippen molar-refractivity contribution in [3.8, 4) is 0 Å². The molecule has 0 fully saturated rings. The van der Waals surface area contributed by atoms with Crippen molar-refractivity contribution in [3.05, 3.63) is 38.8 Å². The average molecular weight is 388 g/mol. The van der Waals surface area contributed by atoms with Crippen molar-refractivity contribution in [2.24, 2.45) is 0 Å². The summed E-state index contributed by atoms with van der Waals surface area (Å²) in [5, 5.41) is 2.25. The Balaban J connectivity index is 2.37. The fourth-order valence-corrected chi connectivity index (χ4v) is 2.01. The van der Waals surface area contributed by atoms with Crippen LogP contribution in [0.25, 0.3) is 0 Å². The summed E-state index contributed by atoms with van der Waals surface area (Å²) in [5.74, 6) is -0.0602. The summed E-state index contributed by atoms with van der Waals surface area (Å²) >= 11 is 14.3. The fourth-order valence-electron chi connectivity index (χ4n) is 1.30. The number of hydrogen-bond acceptors (Lipinski definition) is 4. The van der Waals surface area contributed by atoms with Gasteiger partial charge in [-0.25, -0.2) is 0 Å². The maximum absolute atomic E-state index is 12.6. The molecule has 0 amide bonds. The maximum atomic E-state index is 12.6. The highest BCUT2D eigenvalue weighted by molar-refractivity contribution is 9.10. The standard InChI is InChI=1S/C10H4BrCl2F3N4/c11-5-2-1-4(10(14,15)16)3-6(5)17-9-19-7(12)18-8(13)20-9/h1-3H,(H,17,18,19,20). The minimum Gasteiger partial charge on any atom is -0.323 e. The van der Waals surface area contributed by atoms with Crippen molar-refractivity contribution in [1.82, 2.24) is 15.0 Å². The van der Waals surface area contributed by atoms with Gasteiger partial charge in [-0.1, -0.05) is 0 Å². The predicted molar refractivity (Wildman–Crippen MR) is 72.3 cm³/mol. The lowest BCUT2D eigenvalue weighted by atomic mass is 10.2. The molecule has 0 atom stereocenters. The highest BCUT2D eigenvalue weighted by atomic mass is 79.9. The molecule has 1 heterocycles. The van der Waals surface area contributed by atoms with Crippen molar-refractivity contribution in [1.29, 1.82) is 0 Å². The highest BCUT2D eigenvalue weighted by Gasteiger charge is 2.31. The second-order valence-electron chi connectivity index (χ2n) is 3.51. The number of nitrogens with one attached hydrogen (secondary N) is 1. The molecule has 0 aliphatic heterocycles. The van der Waals surface area contributed by atoms with Crippen molar-refractivity contribution in [2.75, 3.05) is 5.32 Å². The Morgan fingerprint density at radius 3 is 2.20 bits per heavy atom. The first-order valence-electron chi connectivity index (χ1n) is 4.96. The molecule has 10 heteroatoms. The topological polar surface area (TPSA) is 50.7 Å². The molecule has 106 valence electrons. The van der Waals surface area contributed by atoms with Crippen molar-refractivity contribution in [2.45, 2.75) is 6.18 Å². The average Bonchev–Trinajstić information content (AvgIpc) is 2.29. The van der Waals surface area contributed by atoms with Crippen LogP contribution in [0.15, 0.2) is 22.7 Å². The van der Waals surface area contributed by atoms with Gasteiger partial charge in [0.05, 0.1) is 11.3 Å². The number of hydrogen-bond donors (Lipinski definition) is 1. The minimum atomic E-state index is -4.45. The number of anilines is 2. The normalized spacial score (nSPS) is 11.5. The molecule has 2 rings (SSSR count). The Kier molecular flexibility index (Phi) is 4.36.